The number of nitrogens with zero attached hydrogens (tertiary/aromatic N) is 1. The first-order valence-electron chi connectivity index (χ1n) is 5.99. The smallest absolute Gasteiger partial charge is 0.244 e. The van der Waals surface area contributed by atoms with Crippen molar-refractivity contribution in [1.82, 2.24) is 4.83 Å². The number of hydrogen-bond donors (Lipinski definition) is 3. The van der Waals surface area contributed by atoms with Crippen LogP contribution in [0, 0.1) is 0 Å². The van der Waals surface area contributed by atoms with Crippen molar-refractivity contribution in [3.8, 4) is 11.5 Å². The van der Waals surface area contributed by atoms with Gasteiger partial charge in [0.05, 0.1) is 6.26 Å². The molecular weight excluding hydrogens is 292 g/mol. The SMILES string of the molecule is CS(=O)(=O)N/N=C(/c1ccccc1)c1ccc(O)cc1O. The molecule has 0 fully saturated rings. The Hall–Kier alpha value is -2.54. The molecule has 0 amide bonds. The summed E-state index contributed by atoms with van der Waals surface area (Å²) in [6.45, 7) is 0. The Balaban J connectivity index is 2.56. The molecule has 3 N–H and O–H groups in total. The van der Waals surface area contributed by atoms with E-state index in [9.17, 15) is 18.6 Å². The number of nitrogens with one attached hydrogen (secondary N) is 1. The Kier molecular flexibility index (Phi) is 4.13. The van der Waals surface area contributed by atoms with Gasteiger partial charge >= 0.3 is 0 Å². The molecule has 0 saturated carbocycles. The largest absolute Gasteiger partial charge is 0.508 e. The lowest BCUT2D eigenvalue weighted by molar-refractivity contribution is 0.450. The van der Waals surface area contributed by atoms with Crippen molar-refractivity contribution in [2.24, 2.45) is 5.10 Å². The third-order valence-electron chi connectivity index (χ3n) is 2.61. The summed E-state index contributed by atoms with van der Waals surface area (Å²) in [6.07, 6.45) is 0.982. The minimum absolute atomic E-state index is 0.0975. The van der Waals surface area contributed by atoms with Crippen LogP contribution in [0.2, 0.25) is 0 Å². The molecule has 0 atom stereocenters. The molecular formula is C14H14N2O4S. The highest BCUT2D eigenvalue weighted by Gasteiger charge is 2.13. The summed E-state index contributed by atoms with van der Waals surface area (Å²) < 4.78 is 22.4. The van der Waals surface area contributed by atoms with Gasteiger partial charge in [-0.15, -0.1) is 0 Å². The molecule has 0 aromatic heterocycles. The highest BCUT2D eigenvalue weighted by Crippen LogP contribution is 2.25. The highest BCUT2D eigenvalue weighted by molar-refractivity contribution is 7.88. The van der Waals surface area contributed by atoms with Gasteiger partial charge in [0.1, 0.15) is 17.2 Å². The minimum atomic E-state index is -3.52. The third-order valence-corrected chi connectivity index (χ3v) is 3.03. The number of rotatable bonds is 4. The second-order valence-corrected chi connectivity index (χ2v) is 6.12. The topological polar surface area (TPSA) is 99.0 Å². The van der Waals surface area contributed by atoms with Crippen LogP contribution >= 0.6 is 0 Å². The third kappa shape index (κ3) is 3.96. The first-order valence-corrected chi connectivity index (χ1v) is 7.88. The molecule has 2 rings (SSSR count). The molecule has 0 bridgehead atoms. The van der Waals surface area contributed by atoms with Gasteiger partial charge in [0.25, 0.3) is 0 Å². The molecule has 0 aliphatic carbocycles. The molecule has 110 valence electrons. The van der Waals surface area contributed by atoms with E-state index >= 15 is 0 Å². The summed E-state index contributed by atoms with van der Waals surface area (Å²) in [5, 5.41) is 23.1. The summed E-state index contributed by atoms with van der Waals surface area (Å²) in [4.78, 5) is 2.05. The van der Waals surface area contributed by atoms with Crippen LogP contribution in [0.4, 0.5) is 0 Å². The maximum absolute atomic E-state index is 11.2. The molecule has 0 radical (unpaired) electrons. The zero-order valence-electron chi connectivity index (χ0n) is 11.2. The lowest BCUT2D eigenvalue weighted by Crippen LogP contribution is -2.19. The molecule has 7 heteroatoms. The Morgan fingerprint density at radius 1 is 1.10 bits per heavy atom. The van der Waals surface area contributed by atoms with Crippen LogP contribution in [-0.4, -0.2) is 30.6 Å². The minimum Gasteiger partial charge on any atom is -0.508 e. The first-order chi connectivity index (χ1) is 9.87. The van der Waals surface area contributed by atoms with E-state index in [2.05, 4.69) is 5.10 Å². The van der Waals surface area contributed by atoms with Gasteiger partial charge < -0.3 is 10.2 Å². The molecule has 2 aromatic rings. The molecule has 0 spiro atoms. The molecule has 0 unspecified atom stereocenters. The molecule has 0 heterocycles. The number of phenols is 2. The fraction of sp³-hybridized carbons (Fsp3) is 0.0714. The first kappa shape index (κ1) is 14.9. The Labute approximate surface area is 122 Å². The lowest BCUT2D eigenvalue weighted by atomic mass is 10.0. The van der Waals surface area contributed by atoms with Gasteiger partial charge in [0.15, 0.2) is 0 Å². The van der Waals surface area contributed by atoms with Crippen LogP contribution < -0.4 is 4.83 Å². The average molecular weight is 306 g/mol. The van der Waals surface area contributed by atoms with Crippen molar-refractivity contribution in [1.29, 1.82) is 0 Å². The zero-order valence-corrected chi connectivity index (χ0v) is 12.0. The molecule has 0 aliphatic rings. The van der Waals surface area contributed by atoms with Gasteiger partial charge in [-0.25, -0.2) is 13.2 Å². The van der Waals surface area contributed by atoms with Crippen molar-refractivity contribution in [2.45, 2.75) is 0 Å². The van der Waals surface area contributed by atoms with E-state index in [1.807, 2.05) is 10.9 Å². The monoisotopic (exact) mass is 306 g/mol. The van der Waals surface area contributed by atoms with Crippen molar-refractivity contribution in [3.05, 3.63) is 59.7 Å². The van der Waals surface area contributed by atoms with Crippen molar-refractivity contribution in [2.75, 3.05) is 6.26 Å². The number of phenolic OH excluding ortho intramolecular Hbond substituents is 2. The highest BCUT2D eigenvalue weighted by atomic mass is 32.2. The van der Waals surface area contributed by atoms with Crippen LogP contribution in [0.1, 0.15) is 11.1 Å². The molecule has 21 heavy (non-hydrogen) atoms. The van der Waals surface area contributed by atoms with E-state index in [1.54, 1.807) is 24.3 Å². The van der Waals surface area contributed by atoms with Gasteiger partial charge in [0, 0.05) is 17.2 Å². The summed E-state index contributed by atoms with van der Waals surface area (Å²) in [5.74, 6) is -0.298. The quantitative estimate of drug-likeness (QED) is 0.587. The Morgan fingerprint density at radius 3 is 2.33 bits per heavy atom. The normalized spacial score (nSPS) is 12.1. The number of benzene rings is 2. The fourth-order valence-corrected chi connectivity index (χ4v) is 1.98. The maximum atomic E-state index is 11.2. The van der Waals surface area contributed by atoms with E-state index in [4.69, 9.17) is 0 Å². The second-order valence-electron chi connectivity index (χ2n) is 4.39. The number of hydrogen-bond acceptors (Lipinski definition) is 5. The standard InChI is InChI=1S/C14H14N2O4S/c1-21(19,20)16-15-14(10-5-3-2-4-6-10)12-8-7-11(17)9-13(12)18/h2-9,16-18H,1H3/b15-14-. The van der Waals surface area contributed by atoms with E-state index in [1.165, 1.54) is 12.1 Å². The maximum Gasteiger partial charge on any atom is 0.244 e. The van der Waals surface area contributed by atoms with Crippen LogP contribution in [-0.2, 0) is 10.0 Å². The van der Waals surface area contributed by atoms with Crippen LogP contribution in [0.3, 0.4) is 0 Å². The van der Waals surface area contributed by atoms with Crippen molar-refractivity contribution < 1.29 is 18.6 Å². The Bertz CT molecular complexity index is 771. The molecule has 0 saturated heterocycles. The van der Waals surface area contributed by atoms with Gasteiger partial charge in [-0.3, -0.25) is 0 Å². The van der Waals surface area contributed by atoms with Crippen LogP contribution in [0.5, 0.6) is 11.5 Å². The summed E-state index contributed by atoms with van der Waals surface area (Å²) in [6, 6.07) is 12.8. The van der Waals surface area contributed by atoms with Crippen molar-refractivity contribution >= 4 is 15.7 Å². The summed E-state index contributed by atoms with van der Waals surface area (Å²) in [5.41, 5.74) is 1.17. The van der Waals surface area contributed by atoms with Gasteiger partial charge in [0.2, 0.25) is 10.0 Å². The molecule has 2 aromatic carbocycles. The van der Waals surface area contributed by atoms with Crippen LogP contribution in [0.25, 0.3) is 0 Å². The van der Waals surface area contributed by atoms with E-state index < -0.39 is 10.0 Å². The predicted octanol–water partition coefficient (Wildman–Crippen LogP) is 1.40. The van der Waals surface area contributed by atoms with E-state index in [0.29, 0.717) is 11.1 Å². The van der Waals surface area contributed by atoms with Gasteiger partial charge in [-0.1, -0.05) is 30.3 Å². The summed E-state index contributed by atoms with van der Waals surface area (Å²) in [7, 11) is -3.52. The summed E-state index contributed by atoms with van der Waals surface area (Å²) >= 11 is 0. The lowest BCUT2D eigenvalue weighted by Gasteiger charge is -2.09. The average Bonchev–Trinajstić information content (AvgIpc) is 2.41. The van der Waals surface area contributed by atoms with Crippen molar-refractivity contribution in [3.63, 3.8) is 0 Å². The molecule has 6 nitrogen and oxygen atoms in total. The number of hydrazone groups is 1. The fourth-order valence-electron chi connectivity index (χ4n) is 1.73. The van der Waals surface area contributed by atoms with E-state index in [-0.39, 0.29) is 17.2 Å². The second kappa shape index (κ2) is 5.84. The Morgan fingerprint density at radius 2 is 1.76 bits per heavy atom. The van der Waals surface area contributed by atoms with E-state index in [0.717, 1.165) is 12.3 Å². The van der Waals surface area contributed by atoms with Gasteiger partial charge in [-0.05, 0) is 12.1 Å². The predicted molar refractivity (Wildman–Crippen MR) is 79.8 cm³/mol. The zero-order chi connectivity index (χ0) is 15.5. The number of sulfonamides is 1. The van der Waals surface area contributed by atoms with Crippen LogP contribution in [0.15, 0.2) is 53.6 Å². The van der Waals surface area contributed by atoms with Gasteiger partial charge in [-0.2, -0.15) is 5.10 Å². The molecule has 0 aliphatic heterocycles. The number of aromatic hydroxyl groups is 2.